The summed E-state index contributed by atoms with van der Waals surface area (Å²) in [6, 6.07) is 0. The lowest BCUT2D eigenvalue weighted by atomic mass is 10.4. The van der Waals surface area contributed by atoms with Gasteiger partial charge in [-0.05, 0) is 6.42 Å². The SMILES string of the molecule is C=CCC.CCCC.O. The van der Waals surface area contributed by atoms with E-state index in [-0.39, 0.29) is 5.48 Å². The predicted octanol–water partition coefficient (Wildman–Crippen LogP) is 2.56. The van der Waals surface area contributed by atoms with E-state index in [9.17, 15) is 0 Å². The molecular formula is C8H20O. The second kappa shape index (κ2) is 25.2. The van der Waals surface area contributed by atoms with Crippen molar-refractivity contribution in [3.63, 3.8) is 0 Å². The molecule has 0 rings (SSSR count). The van der Waals surface area contributed by atoms with Crippen LogP contribution in [-0.2, 0) is 0 Å². The van der Waals surface area contributed by atoms with Crippen LogP contribution in [0.4, 0.5) is 0 Å². The molecule has 0 aromatic rings. The van der Waals surface area contributed by atoms with Crippen LogP contribution in [0.25, 0.3) is 0 Å². The summed E-state index contributed by atoms with van der Waals surface area (Å²) < 4.78 is 0. The summed E-state index contributed by atoms with van der Waals surface area (Å²) >= 11 is 0. The highest BCUT2D eigenvalue weighted by molar-refractivity contribution is 4.60. The molecule has 0 aromatic carbocycles. The Morgan fingerprint density at radius 1 is 1.11 bits per heavy atom. The van der Waals surface area contributed by atoms with E-state index in [0.29, 0.717) is 0 Å². The molecule has 0 fully saturated rings. The van der Waals surface area contributed by atoms with Gasteiger partial charge in [-0.25, -0.2) is 0 Å². The molecule has 0 aliphatic heterocycles. The van der Waals surface area contributed by atoms with Crippen molar-refractivity contribution in [2.24, 2.45) is 0 Å². The molecule has 0 aromatic heterocycles. The standard InChI is InChI=1S/C4H10.C4H8.H2O/c2*1-3-4-2;/h3-4H2,1-2H3;3H,1,4H2,2H3;1H2. The lowest BCUT2D eigenvalue weighted by Gasteiger charge is -1.68. The minimum Gasteiger partial charge on any atom is -0.412 e. The van der Waals surface area contributed by atoms with Gasteiger partial charge in [0.1, 0.15) is 0 Å². The largest absolute Gasteiger partial charge is 0.412 e. The zero-order valence-corrected chi connectivity index (χ0v) is 6.91. The van der Waals surface area contributed by atoms with Gasteiger partial charge in [0.25, 0.3) is 0 Å². The molecule has 9 heavy (non-hydrogen) atoms. The summed E-state index contributed by atoms with van der Waals surface area (Å²) in [5.74, 6) is 0. The molecule has 1 heteroatoms. The van der Waals surface area contributed by atoms with Gasteiger partial charge in [0.2, 0.25) is 0 Å². The van der Waals surface area contributed by atoms with Crippen LogP contribution in [0, 0.1) is 0 Å². The Kier molecular flexibility index (Phi) is 44.5. The van der Waals surface area contributed by atoms with Gasteiger partial charge in [-0.1, -0.05) is 39.7 Å². The van der Waals surface area contributed by atoms with Crippen molar-refractivity contribution in [3.8, 4) is 0 Å². The molecule has 0 saturated carbocycles. The Morgan fingerprint density at radius 3 is 1.33 bits per heavy atom. The Balaban J connectivity index is -0.0000000720. The molecule has 0 spiro atoms. The highest BCUT2D eigenvalue weighted by Gasteiger charge is 1.56. The summed E-state index contributed by atoms with van der Waals surface area (Å²) in [6.07, 6.45) is 5.60. The number of hydrogen-bond donors (Lipinski definition) is 0. The molecule has 0 bridgehead atoms. The van der Waals surface area contributed by atoms with E-state index < -0.39 is 0 Å². The third-order valence-corrected chi connectivity index (χ3v) is 0.789. The van der Waals surface area contributed by atoms with E-state index in [1.54, 1.807) is 0 Å². The second-order valence-corrected chi connectivity index (χ2v) is 1.70. The summed E-state index contributed by atoms with van der Waals surface area (Å²) in [5.41, 5.74) is 0. The molecular weight excluding hydrogens is 112 g/mol. The van der Waals surface area contributed by atoms with Gasteiger partial charge >= 0.3 is 0 Å². The Labute approximate surface area is 59.1 Å². The van der Waals surface area contributed by atoms with Crippen molar-refractivity contribution in [1.82, 2.24) is 0 Å². The average Bonchev–Trinajstić information content (AvgIpc) is 1.88. The number of unbranched alkanes of at least 4 members (excludes halogenated alkanes) is 1. The van der Waals surface area contributed by atoms with E-state index in [1.807, 2.05) is 6.08 Å². The fourth-order valence-electron chi connectivity index (χ4n) is 0. The molecule has 0 amide bonds. The first-order valence-electron chi connectivity index (χ1n) is 3.44. The molecule has 0 aliphatic carbocycles. The van der Waals surface area contributed by atoms with Crippen LogP contribution in [0.2, 0.25) is 0 Å². The van der Waals surface area contributed by atoms with Crippen LogP contribution in [0.5, 0.6) is 0 Å². The van der Waals surface area contributed by atoms with Crippen molar-refractivity contribution >= 4 is 0 Å². The third kappa shape index (κ3) is 86.6. The topological polar surface area (TPSA) is 31.5 Å². The molecule has 0 saturated heterocycles. The van der Waals surface area contributed by atoms with E-state index in [4.69, 9.17) is 0 Å². The summed E-state index contributed by atoms with van der Waals surface area (Å²) in [6.45, 7) is 9.90. The highest BCUT2D eigenvalue weighted by Crippen LogP contribution is 1.76. The maximum Gasteiger partial charge on any atom is -0.0382 e. The van der Waals surface area contributed by atoms with Gasteiger partial charge < -0.3 is 5.48 Å². The zero-order chi connectivity index (χ0) is 6.83. The molecule has 0 aliphatic rings. The smallest absolute Gasteiger partial charge is 0.0382 e. The van der Waals surface area contributed by atoms with Crippen molar-refractivity contribution in [3.05, 3.63) is 12.7 Å². The first kappa shape index (κ1) is 15.9. The van der Waals surface area contributed by atoms with Gasteiger partial charge in [-0.15, -0.1) is 6.58 Å². The van der Waals surface area contributed by atoms with Crippen LogP contribution in [-0.4, -0.2) is 5.48 Å². The maximum atomic E-state index is 3.48. The normalized spacial score (nSPS) is 6.11. The third-order valence-electron chi connectivity index (χ3n) is 0.789. The Bertz CT molecular complexity index is 31.5. The summed E-state index contributed by atoms with van der Waals surface area (Å²) in [5, 5.41) is 0. The monoisotopic (exact) mass is 132 g/mol. The van der Waals surface area contributed by atoms with Crippen molar-refractivity contribution in [2.45, 2.75) is 40.0 Å². The fourth-order valence-corrected chi connectivity index (χ4v) is 0. The highest BCUT2D eigenvalue weighted by atomic mass is 16.0. The lowest BCUT2D eigenvalue weighted by Crippen LogP contribution is -1.47. The van der Waals surface area contributed by atoms with Crippen molar-refractivity contribution < 1.29 is 5.48 Å². The van der Waals surface area contributed by atoms with E-state index in [1.165, 1.54) is 12.8 Å². The number of allylic oxidation sites excluding steroid dienone is 1. The van der Waals surface area contributed by atoms with Gasteiger partial charge in [0.15, 0.2) is 0 Å². The lowest BCUT2D eigenvalue weighted by molar-refractivity contribution is 0.824. The Hall–Kier alpha value is -0.300. The predicted molar refractivity (Wildman–Crippen MR) is 44.7 cm³/mol. The van der Waals surface area contributed by atoms with Crippen molar-refractivity contribution in [1.29, 1.82) is 0 Å². The van der Waals surface area contributed by atoms with E-state index in [0.717, 1.165) is 6.42 Å². The van der Waals surface area contributed by atoms with Crippen LogP contribution >= 0.6 is 0 Å². The van der Waals surface area contributed by atoms with E-state index >= 15 is 0 Å². The molecule has 58 valence electrons. The average molecular weight is 132 g/mol. The fraction of sp³-hybridized carbons (Fsp3) is 0.750. The minimum atomic E-state index is 0. The molecule has 2 N–H and O–H groups in total. The first-order valence-corrected chi connectivity index (χ1v) is 3.44. The molecule has 1 nitrogen and oxygen atoms in total. The Morgan fingerprint density at radius 2 is 1.33 bits per heavy atom. The van der Waals surface area contributed by atoms with Gasteiger partial charge in [0.05, 0.1) is 0 Å². The van der Waals surface area contributed by atoms with Gasteiger partial charge in [-0.3, -0.25) is 0 Å². The quantitative estimate of drug-likeness (QED) is 0.517. The first-order chi connectivity index (χ1) is 3.83. The molecule has 0 radical (unpaired) electrons. The van der Waals surface area contributed by atoms with Gasteiger partial charge in [-0.2, -0.15) is 0 Å². The molecule has 0 heterocycles. The van der Waals surface area contributed by atoms with Gasteiger partial charge in [0, 0.05) is 0 Å². The summed E-state index contributed by atoms with van der Waals surface area (Å²) in [7, 11) is 0. The summed E-state index contributed by atoms with van der Waals surface area (Å²) in [4.78, 5) is 0. The molecule has 0 atom stereocenters. The zero-order valence-electron chi connectivity index (χ0n) is 6.91. The van der Waals surface area contributed by atoms with Crippen LogP contribution in [0.3, 0.4) is 0 Å². The van der Waals surface area contributed by atoms with Crippen LogP contribution in [0.1, 0.15) is 40.0 Å². The molecule has 0 unspecified atom stereocenters. The van der Waals surface area contributed by atoms with E-state index in [2.05, 4.69) is 27.4 Å². The minimum absolute atomic E-state index is 0. The number of rotatable bonds is 2. The maximum absolute atomic E-state index is 3.48. The second-order valence-electron chi connectivity index (χ2n) is 1.70. The van der Waals surface area contributed by atoms with Crippen molar-refractivity contribution in [2.75, 3.05) is 0 Å². The van der Waals surface area contributed by atoms with Crippen LogP contribution in [0.15, 0.2) is 12.7 Å². The number of hydrogen-bond acceptors (Lipinski definition) is 0. The van der Waals surface area contributed by atoms with Crippen LogP contribution < -0.4 is 0 Å².